The van der Waals surface area contributed by atoms with Gasteiger partial charge in [0, 0.05) is 15.7 Å². The number of guanidine groups is 1. The second-order valence-electron chi connectivity index (χ2n) is 4.29. The maximum absolute atomic E-state index is 6.08. The molecule has 0 radical (unpaired) electrons. The van der Waals surface area contributed by atoms with Gasteiger partial charge in [-0.1, -0.05) is 29.3 Å². The van der Waals surface area contributed by atoms with Crippen LogP contribution in [0.15, 0.2) is 47.5 Å². The predicted octanol–water partition coefficient (Wildman–Crippen LogP) is 3.93. The summed E-state index contributed by atoms with van der Waals surface area (Å²) in [6.07, 6.45) is 0. The van der Waals surface area contributed by atoms with E-state index in [9.17, 15) is 0 Å². The van der Waals surface area contributed by atoms with E-state index in [4.69, 9.17) is 33.7 Å². The summed E-state index contributed by atoms with van der Waals surface area (Å²) in [4.78, 5) is 4.25. The molecule has 2 aromatic rings. The van der Waals surface area contributed by atoms with Crippen LogP contribution in [0, 0.1) is 0 Å². The van der Waals surface area contributed by atoms with Crippen LogP contribution in [0.5, 0.6) is 5.75 Å². The Balaban J connectivity index is 2.00. The Bertz CT molecular complexity index is 642. The smallest absolute Gasteiger partial charge is 0.193 e. The van der Waals surface area contributed by atoms with E-state index in [1.165, 1.54) is 0 Å². The molecule has 6 heteroatoms. The number of nitrogens with one attached hydrogen (secondary N) is 1. The van der Waals surface area contributed by atoms with Crippen molar-refractivity contribution < 1.29 is 4.74 Å². The molecule has 2 aromatic carbocycles. The van der Waals surface area contributed by atoms with Gasteiger partial charge in [0.15, 0.2) is 5.96 Å². The van der Waals surface area contributed by atoms with Gasteiger partial charge < -0.3 is 15.8 Å². The lowest BCUT2D eigenvalue weighted by atomic mass is 10.2. The molecule has 0 saturated carbocycles. The molecule has 21 heavy (non-hydrogen) atoms. The standard InChI is InChI=1S/C15H15Cl2N3O/c1-21-13-6-4-12(5-7-13)20-15(18)19-9-10-2-3-11(16)8-14(10)17/h2-8H,9H2,1H3,(H3,18,19,20). The van der Waals surface area contributed by atoms with E-state index in [1.807, 2.05) is 30.3 Å². The zero-order valence-electron chi connectivity index (χ0n) is 11.4. The molecule has 0 aliphatic carbocycles. The van der Waals surface area contributed by atoms with Crippen LogP contribution in [-0.4, -0.2) is 13.1 Å². The van der Waals surface area contributed by atoms with Crippen molar-refractivity contribution in [2.75, 3.05) is 12.4 Å². The van der Waals surface area contributed by atoms with Gasteiger partial charge in [-0.15, -0.1) is 0 Å². The lowest BCUT2D eigenvalue weighted by molar-refractivity contribution is 0.415. The molecular weight excluding hydrogens is 309 g/mol. The second-order valence-corrected chi connectivity index (χ2v) is 5.13. The summed E-state index contributed by atoms with van der Waals surface area (Å²) in [7, 11) is 1.62. The summed E-state index contributed by atoms with van der Waals surface area (Å²) in [6.45, 7) is 0.380. The van der Waals surface area contributed by atoms with E-state index in [2.05, 4.69) is 10.3 Å². The average molecular weight is 324 g/mol. The minimum Gasteiger partial charge on any atom is -0.497 e. The van der Waals surface area contributed by atoms with Crippen LogP contribution in [0.25, 0.3) is 0 Å². The summed E-state index contributed by atoms with van der Waals surface area (Å²) in [5.74, 6) is 1.09. The molecule has 4 nitrogen and oxygen atoms in total. The summed E-state index contributed by atoms with van der Waals surface area (Å²) < 4.78 is 5.09. The largest absolute Gasteiger partial charge is 0.497 e. The zero-order valence-corrected chi connectivity index (χ0v) is 12.9. The van der Waals surface area contributed by atoms with Gasteiger partial charge in [-0.25, -0.2) is 4.99 Å². The topological polar surface area (TPSA) is 59.6 Å². The Morgan fingerprint density at radius 2 is 1.90 bits per heavy atom. The molecule has 0 fully saturated rings. The van der Waals surface area contributed by atoms with Gasteiger partial charge in [-0.3, -0.25) is 0 Å². The first-order chi connectivity index (χ1) is 10.1. The highest BCUT2D eigenvalue weighted by atomic mass is 35.5. The Morgan fingerprint density at radius 1 is 1.19 bits per heavy atom. The van der Waals surface area contributed by atoms with Gasteiger partial charge >= 0.3 is 0 Å². The summed E-state index contributed by atoms with van der Waals surface area (Å²) >= 11 is 11.9. The number of ether oxygens (including phenoxy) is 1. The van der Waals surface area contributed by atoms with Crippen LogP contribution in [-0.2, 0) is 6.54 Å². The number of methoxy groups -OCH3 is 1. The lowest BCUT2D eigenvalue weighted by Gasteiger charge is -2.07. The van der Waals surface area contributed by atoms with Crippen LogP contribution in [0.4, 0.5) is 5.69 Å². The molecule has 0 aliphatic rings. The van der Waals surface area contributed by atoms with E-state index in [1.54, 1.807) is 19.2 Å². The van der Waals surface area contributed by atoms with Crippen molar-refractivity contribution in [2.45, 2.75) is 6.54 Å². The van der Waals surface area contributed by atoms with Crippen molar-refractivity contribution in [1.29, 1.82) is 0 Å². The highest BCUT2D eigenvalue weighted by Gasteiger charge is 2.01. The van der Waals surface area contributed by atoms with Crippen LogP contribution >= 0.6 is 23.2 Å². The molecule has 0 saturated heterocycles. The highest BCUT2D eigenvalue weighted by molar-refractivity contribution is 6.35. The van der Waals surface area contributed by atoms with E-state index >= 15 is 0 Å². The first-order valence-electron chi connectivity index (χ1n) is 6.23. The number of nitrogens with two attached hydrogens (primary N) is 1. The number of halogens is 2. The van der Waals surface area contributed by atoms with Crippen molar-refractivity contribution in [3.8, 4) is 5.75 Å². The molecule has 2 rings (SSSR count). The molecule has 0 atom stereocenters. The first-order valence-corrected chi connectivity index (χ1v) is 6.99. The first kappa shape index (κ1) is 15.5. The molecule has 0 amide bonds. The minimum absolute atomic E-state index is 0.311. The summed E-state index contributed by atoms with van der Waals surface area (Å²) in [5, 5.41) is 4.16. The lowest BCUT2D eigenvalue weighted by Crippen LogP contribution is -2.22. The maximum atomic E-state index is 6.08. The normalized spacial score (nSPS) is 11.3. The van der Waals surface area contributed by atoms with Crippen LogP contribution in [0.1, 0.15) is 5.56 Å². The van der Waals surface area contributed by atoms with E-state index in [-0.39, 0.29) is 0 Å². The highest BCUT2D eigenvalue weighted by Crippen LogP contribution is 2.21. The molecule has 3 N–H and O–H groups in total. The van der Waals surface area contributed by atoms with E-state index < -0.39 is 0 Å². The Labute approximate surface area is 133 Å². The van der Waals surface area contributed by atoms with Gasteiger partial charge in [0.05, 0.1) is 13.7 Å². The fraction of sp³-hybridized carbons (Fsp3) is 0.133. The third-order valence-electron chi connectivity index (χ3n) is 2.80. The maximum Gasteiger partial charge on any atom is 0.193 e. The fourth-order valence-corrected chi connectivity index (χ4v) is 2.15. The van der Waals surface area contributed by atoms with Crippen molar-refractivity contribution in [3.05, 3.63) is 58.1 Å². The molecule has 0 heterocycles. The Kier molecular flexibility index (Phi) is 5.31. The monoisotopic (exact) mass is 323 g/mol. The quantitative estimate of drug-likeness (QED) is 0.662. The van der Waals surface area contributed by atoms with E-state index in [0.717, 1.165) is 17.0 Å². The third kappa shape index (κ3) is 4.55. The summed E-state index contributed by atoms with van der Waals surface area (Å²) in [5.41, 5.74) is 7.54. The SMILES string of the molecule is COc1ccc(NC(N)=NCc2ccc(Cl)cc2Cl)cc1. The Morgan fingerprint density at radius 3 is 2.52 bits per heavy atom. The van der Waals surface area contributed by atoms with Crippen molar-refractivity contribution in [2.24, 2.45) is 10.7 Å². The molecule has 0 spiro atoms. The van der Waals surface area contributed by atoms with Crippen molar-refractivity contribution in [3.63, 3.8) is 0 Å². The average Bonchev–Trinajstić information content (AvgIpc) is 2.47. The predicted molar refractivity (Wildman–Crippen MR) is 88.4 cm³/mol. The number of nitrogens with zero attached hydrogens (tertiary/aromatic N) is 1. The number of aliphatic imine (C=N–C) groups is 1. The van der Waals surface area contributed by atoms with Crippen LogP contribution in [0.3, 0.4) is 0 Å². The zero-order chi connectivity index (χ0) is 15.2. The van der Waals surface area contributed by atoms with Gasteiger partial charge in [0.25, 0.3) is 0 Å². The number of rotatable bonds is 4. The molecule has 0 aromatic heterocycles. The van der Waals surface area contributed by atoms with E-state index in [0.29, 0.717) is 22.5 Å². The number of benzene rings is 2. The van der Waals surface area contributed by atoms with Crippen molar-refractivity contribution >= 4 is 34.8 Å². The van der Waals surface area contributed by atoms with Gasteiger partial charge in [0.2, 0.25) is 0 Å². The minimum atomic E-state index is 0.311. The Hall–Kier alpha value is -1.91. The number of hydrogen-bond donors (Lipinski definition) is 2. The molecule has 110 valence electrons. The fourth-order valence-electron chi connectivity index (χ4n) is 1.68. The van der Waals surface area contributed by atoms with Crippen molar-refractivity contribution in [1.82, 2.24) is 0 Å². The van der Waals surface area contributed by atoms with Gasteiger partial charge in [-0.2, -0.15) is 0 Å². The van der Waals surface area contributed by atoms with Gasteiger partial charge in [-0.05, 0) is 42.0 Å². The van der Waals surface area contributed by atoms with Gasteiger partial charge in [0.1, 0.15) is 5.75 Å². The molecule has 0 unspecified atom stereocenters. The third-order valence-corrected chi connectivity index (χ3v) is 3.38. The number of hydrogen-bond acceptors (Lipinski definition) is 2. The van der Waals surface area contributed by atoms with Crippen LogP contribution in [0.2, 0.25) is 10.0 Å². The molecule has 0 bridgehead atoms. The second kappa shape index (κ2) is 7.20. The molecular formula is C15H15Cl2N3O. The number of anilines is 1. The molecule has 0 aliphatic heterocycles. The van der Waals surface area contributed by atoms with Crippen LogP contribution < -0.4 is 15.8 Å². The summed E-state index contributed by atoms with van der Waals surface area (Å²) in [6, 6.07) is 12.7.